The molecule has 0 aromatic heterocycles. The summed E-state index contributed by atoms with van der Waals surface area (Å²) in [6.07, 6.45) is 4.52. The Morgan fingerprint density at radius 2 is 2.00 bits per heavy atom. The third kappa shape index (κ3) is 6.19. The maximum atomic E-state index is 11.8. The Balaban J connectivity index is 5.02. The first kappa shape index (κ1) is 16.6. The fourth-order valence-electron chi connectivity index (χ4n) is 1.42. The van der Waals surface area contributed by atoms with E-state index in [1.807, 2.05) is 19.9 Å². The normalized spacial score (nSPS) is 11.2. The highest BCUT2D eigenvalue weighted by Gasteiger charge is 2.17. The van der Waals surface area contributed by atoms with Crippen LogP contribution in [0.2, 0.25) is 0 Å². The van der Waals surface area contributed by atoms with Crippen molar-refractivity contribution in [1.82, 2.24) is 0 Å². The highest BCUT2D eigenvalue weighted by Crippen LogP contribution is 2.25. The molecule has 98 valence electrons. The Bertz CT molecular complexity index is 305. The molecule has 0 saturated carbocycles. The molecule has 0 amide bonds. The Morgan fingerprint density at radius 1 is 1.35 bits per heavy atom. The summed E-state index contributed by atoms with van der Waals surface area (Å²) >= 11 is 8.24. The first-order chi connectivity index (χ1) is 8.08. The van der Waals surface area contributed by atoms with Crippen LogP contribution in [0.3, 0.4) is 0 Å². The third-order valence-corrected chi connectivity index (χ3v) is 2.49. The van der Waals surface area contributed by atoms with Gasteiger partial charge in [0.2, 0.25) is 0 Å². The van der Waals surface area contributed by atoms with E-state index in [-0.39, 0.29) is 13.2 Å². The van der Waals surface area contributed by atoms with Crippen LogP contribution in [0.1, 0.15) is 33.1 Å². The number of carbonyl (C=O) groups is 1. The van der Waals surface area contributed by atoms with Crippen molar-refractivity contribution in [2.45, 2.75) is 33.1 Å². The monoisotopic (exact) mass is 276 g/mol. The van der Waals surface area contributed by atoms with Gasteiger partial charge in [0.25, 0.3) is 0 Å². The van der Waals surface area contributed by atoms with Gasteiger partial charge in [0, 0.05) is 4.24 Å². The van der Waals surface area contributed by atoms with Gasteiger partial charge < -0.3 is 9.84 Å². The van der Waals surface area contributed by atoms with E-state index in [1.165, 1.54) is 0 Å². The molecule has 0 aromatic carbocycles. The zero-order chi connectivity index (χ0) is 13.3. The standard InChI is InChI=1S/C12H20O3S2/c1-3-5-9(6-4-2)10(12(16)17)11(14)15-8-7-13/h5,13,16-17H,3-4,6-8H2,1-2H3. The van der Waals surface area contributed by atoms with Gasteiger partial charge in [0.15, 0.2) is 0 Å². The van der Waals surface area contributed by atoms with Crippen LogP contribution in [0.25, 0.3) is 0 Å². The van der Waals surface area contributed by atoms with Crippen molar-refractivity contribution in [2.24, 2.45) is 0 Å². The Morgan fingerprint density at radius 3 is 2.41 bits per heavy atom. The van der Waals surface area contributed by atoms with Crippen LogP contribution in [0.5, 0.6) is 0 Å². The summed E-state index contributed by atoms with van der Waals surface area (Å²) in [5, 5.41) is 8.63. The maximum absolute atomic E-state index is 11.8. The second-order valence-corrected chi connectivity index (χ2v) is 4.69. The van der Waals surface area contributed by atoms with Crippen LogP contribution in [0.4, 0.5) is 0 Å². The third-order valence-electron chi connectivity index (χ3n) is 2.04. The molecule has 0 rings (SSSR count). The number of rotatable bonds is 7. The average molecular weight is 276 g/mol. The number of allylic oxidation sites excluding steroid dienone is 1. The quantitative estimate of drug-likeness (QED) is 0.290. The van der Waals surface area contributed by atoms with E-state index in [0.29, 0.717) is 9.81 Å². The summed E-state index contributed by atoms with van der Waals surface area (Å²) in [5.74, 6) is -0.479. The van der Waals surface area contributed by atoms with E-state index < -0.39 is 5.97 Å². The first-order valence-electron chi connectivity index (χ1n) is 5.68. The van der Waals surface area contributed by atoms with Gasteiger partial charge in [-0.1, -0.05) is 26.3 Å². The van der Waals surface area contributed by atoms with Gasteiger partial charge in [0.05, 0.1) is 12.2 Å². The number of ether oxygens (including phenoxy) is 1. The molecule has 17 heavy (non-hydrogen) atoms. The number of carbonyl (C=O) groups excluding carboxylic acids is 1. The molecular weight excluding hydrogens is 256 g/mol. The van der Waals surface area contributed by atoms with E-state index in [4.69, 9.17) is 9.84 Å². The highest BCUT2D eigenvalue weighted by atomic mass is 32.2. The maximum Gasteiger partial charge on any atom is 0.340 e. The molecule has 3 nitrogen and oxygen atoms in total. The molecule has 1 N–H and O–H groups in total. The Kier molecular flexibility index (Phi) is 9.40. The van der Waals surface area contributed by atoms with Crippen molar-refractivity contribution < 1.29 is 14.6 Å². The summed E-state index contributed by atoms with van der Waals surface area (Å²) in [7, 11) is 0. The average Bonchev–Trinajstić information content (AvgIpc) is 2.26. The molecule has 0 aliphatic heterocycles. The van der Waals surface area contributed by atoms with Gasteiger partial charge in [-0.05, 0) is 18.4 Å². The van der Waals surface area contributed by atoms with E-state index in [2.05, 4.69) is 25.3 Å². The van der Waals surface area contributed by atoms with E-state index in [1.54, 1.807) is 0 Å². The van der Waals surface area contributed by atoms with Crippen molar-refractivity contribution in [1.29, 1.82) is 0 Å². The predicted molar refractivity (Wildman–Crippen MR) is 76.3 cm³/mol. The Hall–Kier alpha value is -0.390. The number of aliphatic hydroxyl groups is 1. The second kappa shape index (κ2) is 9.62. The van der Waals surface area contributed by atoms with Gasteiger partial charge >= 0.3 is 5.97 Å². The number of thiol groups is 2. The molecule has 0 heterocycles. The molecule has 5 heteroatoms. The molecule has 0 radical (unpaired) electrons. The summed E-state index contributed by atoms with van der Waals surface area (Å²) in [4.78, 5) is 11.8. The number of aliphatic hydroxyl groups excluding tert-OH is 1. The van der Waals surface area contributed by atoms with Gasteiger partial charge in [-0.15, -0.1) is 25.3 Å². The zero-order valence-electron chi connectivity index (χ0n) is 10.3. The number of hydrogen-bond acceptors (Lipinski definition) is 5. The smallest absolute Gasteiger partial charge is 0.340 e. The van der Waals surface area contributed by atoms with Crippen LogP contribution in [-0.4, -0.2) is 24.3 Å². The fraction of sp³-hybridized carbons (Fsp3) is 0.583. The van der Waals surface area contributed by atoms with Crippen molar-refractivity contribution in [2.75, 3.05) is 13.2 Å². The largest absolute Gasteiger partial charge is 0.460 e. The van der Waals surface area contributed by atoms with Crippen LogP contribution in [-0.2, 0) is 9.53 Å². The van der Waals surface area contributed by atoms with E-state index in [0.717, 1.165) is 24.8 Å². The zero-order valence-corrected chi connectivity index (χ0v) is 12.1. The fourth-order valence-corrected chi connectivity index (χ4v) is 1.89. The van der Waals surface area contributed by atoms with Crippen LogP contribution in [0, 0.1) is 0 Å². The molecule has 0 spiro atoms. The van der Waals surface area contributed by atoms with Crippen molar-refractivity contribution in [3.8, 4) is 0 Å². The van der Waals surface area contributed by atoms with Crippen LogP contribution >= 0.6 is 25.3 Å². The lowest BCUT2D eigenvalue weighted by Gasteiger charge is -2.12. The van der Waals surface area contributed by atoms with E-state index in [9.17, 15) is 4.79 Å². The molecule has 0 bridgehead atoms. The summed E-state index contributed by atoms with van der Waals surface area (Å²) in [5.41, 5.74) is 1.30. The minimum Gasteiger partial charge on any atom is -0.460 e. The molecule has 0 aromatic rings. The topological polar surface area (TPSA) is 46.5 Å². The minimum atomic E-state index is -0.479. The lowest BCUT2D eigenvalue weighted by Crippen LogP contribution is -2.13. The molecular formula is C12H20O3S2. The molecule has 0 aliphatic carbocycles. The molecule has 0 aliphatic rings. The van der Waals surface area contributed by atoms with Crippen LogP contribution in [0.15, 0.2) is 21.5 Å². The van der Waals surface area contributed by atoms with Gasteiger partial charge in [-0.3, -0.25) is 0 Å². The minimum absolute atomic E-state index is 0.0112. The second-order valence-electron chi connectivity index (χ2n) is 3.45. The van der Waals surface area contributed by atoms with Gasteiger partial charge in [0.1, 0.15) is 6.61 Å². The summed E-state index contributed by atoms with van der Waals surface area (Å²) in [6, 6.07) is 0. The lowest BCUT2D eigenvalue weighted by molar-refractivity contribution is -0.139. The van der Waals surface area contributed by atoms with Crippen molar-refractivity contribution in [3.05, 3.63) is 21.5 Å². The Labute approximate surface area is 114 Å². The molecule has 0 unspecified atom stereocenters. The SMILES string of the molecule is CCC=C(CCC)C(C(=O)OCCO)=C(S)S. The molecule has 0 atom stereocenters. The first-order valence-corrected chi connectivity index (χ1v) is 6.57. The van der Waals surface area contributed by atoms with Gasteiger partial charge in [-0.25, -0.2) is 4.79 Å². The predicted octanol–water partition coefficient (Wildman–Crippen LogP) is 2.73. The summed E-state index contributed by atoms with van der Waals surface area (Å²) < 4.78 is 5.25. The number of hydrogen-bond donors (Lipinski definition) is 3. The number of esters is 1. The van der Waals surface area contributed by atoms with Crippen molar-refractivity contribution in [3.63, 3.8) is 0 Å². The van der Waals surface area contributed by atoms with Crippen molar-refractivity contribution >= 4 is 31.2 Å². The summed E-state index contributed by atoms with van der Waals surface area (Å²) in [6.45, 7) is 3.84. The lowest BCUT2D eigenvalue weighted by atomic mass is 10.0. The molecule has 0 fully saturated rings. The molecule has 0 saturated heterocycles. The van der Waals surface area contributed by atoms with E-state index >= 15 is 0 Å². The van der Waals surface area contributed by atoms with Gasteiger partial charge in [-0.2, -0.15) is 0 Å². The van der Waals surface area contributed by atoms with Crippen LogP contribution < -0.4 is 0 Å². The highest BCUT2D eigenvalue weighted by molar-refractivity contribution is 8.05.